The average Bonchev–Trinajstić information content (AvgIpc) is 3.34. The lowest BCUT2D eigenvalue weighted by Crippen LogP contribution is -1.98. The van der Waals surface area contributed by atoms with Crippen LogP contribution in [0.3, 0.4) is 0 Å². The maximum absolute atomic E-state index is 6.46. The molecule has 0 fully saturated rings. The van der Waals surface area contributed by atoms with Crippen molar-refractivity contribution < 1.29 is 4.74 Å². The van der Waals surface area contributed by atoms with Gasteiger partial charge in [-0.2, -0.15) is 0 Å². The third kappa shape index (κ3) is 4.39. The summed E-state index contributed by atoms with van der Waals surface area (Å²) in [5, 5.41) is 2.35. The van der Waals surface area contributed by atoms with E-state index in [1.54, 1.807) is 0 Å². The van der Waals surface area contributed by atoms with Gasteiger partial charge in [0, 0.05) is 44.3 Å². The van der Waals surface area contributed by atoms with Crippen LogP contribution in [0.25, 0.3) is 73.5 Å². The minimum absolute atomic E-state index is 0.703. The van der Waals surface area contributed by atoms with Crippen molar-refractivity contribution >= 4 is 34.0 Å². The third-order valence-electron chi connectivity index (χ3n) is 8.63. The molecular weight excluding hydrogens is 562 g/mol. The van der Waals surface area contributed by atoms with Gasteiger partial charge in [0.15, 0.2) is 5.82 Å². The Labute approximate surface area is 266 Å². The smallest absolute Gasteiger partial charge is 0.160 e. The zero-order valence-electron chi connectivity index (χ0n) is 24.8. The summed E-state index contributed by atoms with van der Waals surface area (Å²) in [6, 6.07) is 52.2. The van der Waals surface area contributed by atoms with E-state index in [1.165, 1.54) is 10.8 Å². The molecule has 216 valence electrons. The van der Waals surface area contributed by atoms with Gasteiger partial charge < -0.3 is 9.30 Å². The van der Waals surface area contributed by atoms with Gasteiger partial charge in [0.2, 0.25) is 0 Å². The predicted octanol–water partition coefficient (Wildman–Crippen LogP) is 10.9. The molecule has 0 amide bonds. The fourth-order valence-corrected chi connectivity index (χ4v) is 6.48. The lowest BCUT2D eigenvalue weighted by atomic mass is 10.0. The number of aromatic nitrogens is 3. The van der Waals surface area contributed by atoms with Crippen molar-refractivity contribution in [3.05, 3.63) is 163 Å². The molecule has 9 rings (SSSR count). The summed E-state index contributed by atoms with van der Waals surface area (Å²) in [5.74, 6) is 2.42. The normalized spacial score (nSPS) is 12.0. The van der Waals surface area contributed by atoms with E-state index in [1.807, 2.05) is 54.6 Å². The summed E-state index contributed by atoms with van der Waals surface area (Å²) < 4.78 is 8.81. The van der Waals surface area contributed by atoms with Gasteiger partial charge in [0.1, 0.15) is 11.5 Å². The van der Waals surface area contributed by atoms with Crippen LogP contribution in [0.2, 0.25) is 0 Å². The molecule has 4 nitrogen and oxygen atoms in total. The number of para-hydroxylation sites is 2. The SMILES string of the molecule is C1=Cc2c(ccc3c2c2ccccc2n3-c2cccc(-c3cc(-c4ccccc4)nc(-c4ccccc4)n3)c2)Oc2ccccc21. The molecule has 0 aliphatic carbocycles. The van der Waals surface area contributed by atoms with Crippen molar-refractivity contribution in [2.24, 2.45) is 0 Å². The van der Waals surface area contributed by atoms with E-state index < -0.39 is 0 Å². The lowest BCUT2D eigenvalue weighted by molar-refractivity contribution is 0.482. The largest absolute Gasteiger partial charge is 0.456 e. The molecule has 0 radical (unpaired) electrons. The molecule has 2 aromatic heterocycles. The van der Waals surface area contributed by atoms with Crippen molar-refractivity contribution in [3.8, 4) is 51.1 Å². The average molecular weight is 590 g/mol. The standard InChI is InChI=1S/C42H27N3O/c1-3-12-28(13-4-1)35-27-36(44-42(43-35)30-15-5-2-6-16-30)31-17-11-18-32(26-31)45-37-20-9-8-19-33(37)41-34-23-22-29-14-7-10-21-39(29)46-40(34)25-24-38(41)45/h1-27H. The van der Waals surface area contributed by atoms with Crippen LogP contribution in [-0.2, 0) is 0 Å². The van der Waals surface area contributed by atoms with Gasteiger partial charge in [-0.1, -0.05) is 115 Å². The van der Waals surface area contributed by atoms with Gasteiger partial charge in [0.05, 0.1) is 22.4 Å². The first-order chi connectivity index (χ1) is 22.8. The Morgan fingerprint density at radius 1 is 0.478 bits per heavy atom. The quantitative estimate of drug-likeness (QED) is 0.205. The van der Waals surface area contributed by atoms with Crippen LogP contribution < -0.4 is 4.74 Å². The second-order valence-corrected chi connectivity index (χ2v) is 11.4. The maximum Gasteiger partial charge on any atom is 0.160 e. The first-order valence-electron chi connectivity index (χ1n) is 15.4. The number of hydrogen-bond donors (Lipinski definition) is 0. The highest BCUT2D eigenvalue weighted by Crippen LogP contribution is 2.43. The number of rotatable bonds is 4. The van der Waals surface area contributed by atoms with Crippen molar-refractivity contribution in [2.45, 2.75) is 0 Å². The molecule has 1 aliphatic rings. The summed E-state index contributed by atoms with van der Waals surface area (Å²) in [7, 11) is 0. The first-order valence-corrected chi connectivity index (χ1v) is 15.4. The second kappa shape index (κ2) is 10.7. The van der Waals surface area contributed by atoms with Crippen LogP contribution in [0, 0.1) is 0 Å². The summed E-state index contributed by atoms with van der Waals surface area (Å²) in [6.45, 7) is 0. The van der Waals surface area contributed by atoms with E-state index >= 15 is 0 Å². The number of ether oxygens (including phenoxy) is 1. The molecule has 0 bridgehead atoms. The van der Waals surface area contributed by atoms with Gasteiger partial charge in [-0.25, -0.2) is 9.97 Å². The zero-order valence-corrected chi connectivity index (χ0v) is 24.8. The molecule has 46 heavy (non-hydrogen) atoms. The third-order valence-corrected chi connectivity index (χ3v) is 8.63. The van der Waals surface area contributed by atoms with E-state index in [-0.39, 0.29) is 0 Å². The molecule has 1 aliphatic heterocycles. The Hall–Kier alpha value is -6.26. The molecule has 0 saturated heterocycles. The predicted molar refractivity (Wildman–Crippen MR) is 188 cm³/mol. The van der Waals surface area contributed by atoms with Crippen molar-refractivity contribution in [3.63, 3.8) is 0 Å². The molecule has 0 spiro atoms. The van der Waals surface area contributed by atoms with Gasteiger partial charge in [0.25, 0.3) is 0 Å². The molecule has 3 heterocycles. The Morgan fingerprint density at radius 2 is 1.17 bits per heavy atom. The van der Waals surface area contributed by atoms with Crippen LogP contribution in [-0.4, -0.2) is 14.5 Å². The number of nitrogens with zero attached hydrogens (tertiary/aromatic N) is 3. The summed E-state index contributed by atoms with van der Waals surface area (Å²) >= 11 is 0. The Kier molecular flexibility index (Phi) is 6.10. The monoisotopic (exact) mass is 589 g/mol. The van der Waals surface area contributed by atoms with Gasteiger partial charge >= 0.3 is 0 Å². The second-order valence-electron chi connectivity index (χ2n) is 11.4. The molecule has 8 aromatic rings. The highest BCUT2D eigenvalue weighted by atomic mass is 16.5. The van der Waals surface area contributed by atoms with Crippen LogP contribution >= 0.6 is 0 Å². The summed E-state index contributed by atoms with van der Waals surface area (Å²) in [5.41, 5.74) is 10.3. The van der Waals surface area contributed by atoms with Crippen LogP contribution in [0.15, 0.2) is 152 Å². The van der Waals surface area contributed by atoms with Gasteiger partial charge in [-0.15, -0.1) is 0 Å². The molecule has 0 atom stereocenters. The molecule has 0 unspecified atom stereocenters. The Morgan fingerprint density at radius 3 is 2.02 bits per heavy atom. The number of fused-ring (bicyclic) bond motifs is 6. The van der Waals surface area contributed by atoms with E-state index in [4.69, 9.17) is 14.7 Å². The van der Waals surface area contributed by atoms with Crippen molar-refractivity contribution in [1.82, 2.24) is 14.5 Å². The van der Waals surface area contributed by atoms with Gasteiger partial charge in [-0.3, -0.25) is 0 Å². The molecule has 6 aromatic carbocycles. The summed E-state index contributed by atoms with van der Waals surface area (Å²) in [4.78, 5) is 10.1. The van der Waals surface area contributed by atoms with Gasteiger partial charge in [-0.05, 0) is 48.5 Å². The Bertz CT molecular complexity index is 2380. The summed E-state index contributed by atoms with van der Waals surface area (Å²) in [6.07, 6.45) is 4.34. The zero-order chi connectivity index (χ0) is 30.5. The van der Waals surface area contributed by atoms with Crippen LogP contribution in [0.1, 0.15) is 11.1 Å². The van der Waals surface area contributed by atoms with Crippen LogP contribution in [0.4, 0.5) is 0 Å². The molecule has 0 N–H and O–H groups in total. The van der Waals surface area contributed by atoms with Crippen LogP contribution in [0.5, 0.6) is 11.5 Å². The molecule has 4 heteroatoms. The fraction of sp³-hybridized carbons (Fsp3) is 0. The minimum atomic E-state index is 0.703. The van der Waals surface area contributed by atoms with E-state index in [2.05, 4.69) is 114 Å². The molecular formula is C42H27N3O. The topological polar surface area (TPSA) is 39.9 Å². The Balaban J connectivity index is 1.24. The fourth-order valence-electron chi connectivity index (χ4n) is 6.48. The highest BCUT2D eigenvalue weighted by Gasteiger charge is 2.20. The lowest BCUT2D eigenvalue weighted by Gasteiger charge is -2.13. The number of hydrogen-bond acceptors (Lipinski definition) is 3. The minimum Gasteiger partial charge on any atom is -0.456 e. The van der Waals surface area contributed by atoms with E-state index in [0.717, 1.165) is 67.4 Å². The van der Waals surface area contributed by atoms with E-state index in [9.17, 15) is 0 Å². The van der Waals surface area contributed by atoms with E-state index in [0.29, 0.717) is 5.82 Å². The van der Waals surface area contributed by atoms with Crippen molar-refractivity contribution in [2.75, 3.05) is 0 Å². The number of benzene rings is 6. The molecule has 0 saturated carbocycles. The van der Waals surface area contributed by atoms with Crippen molar-refractivity contribution in [1.29, 1.82) is 0 Å². The highest BCUT2D eigenvalue weighted by molar-refractivity contribution is 6.14. The first kappa shape index (κ1) is 26.2. The maximum atomic E-state index is 6.46.